The van der Waals surface area contributed by atoms with Gasteiger partial charge in [-0.2, -0.15) is 0 Å². The monoisotopic (exact) mass is 242 g/mol. The highest BCUT2D eigenvalue weighted by atomic mass is 32.1. The fourth-order valence-corrected chi connectivity index (χ4v) is 1.80. The molecule has 0 aliphatic carbocycles. The molecule has 0 aliphatic heterocycles. The summed E-state index contributed by atoms with van der Waals surface area (Å²) in [7, 11) is 0. The van der Waals surface area contributed by atoms with E-state index in [1.54, 1.807) is 6.08 Å². The van der Waals surface area contributed by atoms with Crippen LogP contribution < -0.4 is 0 Å². The molecule has 0 nitrogen and oxygen atoms in total. The van der Waals surface area contributed by atoms with Gasteiger partial charge in [0, 0.05) is 4.90 Å². The second kappa shape index (κ2) is 5.74. The van der Waals surface area contributed by atoms with Gasteiger partial charge in [-0.3, -0.25) is 0 Å². The molecule has 0 aliphatic rings. The minimum absolute atomic E-state index is 0.851. The molecule has 0 bridgehead atoms. The van der Waals surface area contributed by atoms with E-state index in [1.807, 2.05) is 12.1 Å². The van der Waals surface area contributed by atoms with Crippen molar-refractivity contribution in [2.75, 3.05) is 0 Å². The summed E-state index contributed by atoms with van der Waals surface area (Å²) in [5, 5.41) is 0. The van der Waals surface area contributed by atoms with E-state index < -0.39 is 0 Å². The van der Waals surface area contributed by atoms with Gasteiger partial charge < -0.3 is 0 Å². The van der Waals surface area contributed by atoms with Gasteiger partial charge in [-0.25, -0.2) is 0 Å². The summed E-state index contributed by atoms with van der Waals surface area (Å²) in [5.74, 6) is 0. The van der Waals surface area contributed by atoms with Crippen LogP contribution in [-0.2, 0) is 0 Å². The summed E-state index contributed by atoms with van der Waals surface area (Å²) in [6.07, 6.45) is 3.74. The van der Waals surface area contributed by atoms with Crippen LogP contribution in [0.15, 0.2) is 66.1 Å². The summed E-state index contributed by atoms with van der Waals surface area (Å²) in [6.45, 7) is 15.7. The highest BCUT2D eigenvalue weighted by Gasteiger charge is 2.02. The number of thiol groups is 1. The summed E-state index contributed by atoms with van der Waals surface area (Å²) < 4.78 is 0. The molecular weight excluding hydrogens is 224 g/mol. The second-order valence-corrected chi connectivity index (χ2v) is 4.60. The molecule has 0 atom stereocenters. The van der Waals surface area contributed by atoms with Gasteiger partial charge >= 0.3 is 0 Å². The molecule has 0 aromatic heterocycles. The Morgan fingerprint density at radius 2 is 1.88 bits per heavy atom. The Morgan fingerprint density at radius 3 is 2.47 bits per heavy atom. The lowest BCUT2D eigenvalue weighted by molar-refractivity contribution is 1.33. The molecule has 0 heterocycles. The fourth-order valence-electron chi connectivity index (χ4n) is 1.60. The van der Waals surface area contributed by atoms with Gasteiger partial charge in [-0.15, -0.1) is 12.6 Å². The van der Waals surface area contributed by atoms with Crippen LogP contribution in [0.4, 0.5) is 0 Å². The molecule has 1 rings (SSSR count). The Balaban J connectivity index is 3.11. The maximum Gasteiger partial charge on any atom is 0.00462 e. The Morgan fingerprint density at radius 1 is 1.24 bits per heavy atom. The van der Waals surface area contributed by atoms with Crippen LogP contribution in [0.5, 0.6) is 0 Å². The van der Waals surface area contributed by atoms with Gasteiger partial charge in [0.1, 0.15) is 0 Å². The van der Waals surface area contributed by atoms with E-state index in [-0.39, 0.29) is 0 Å². The predicted molar refractivity (Wildman–Crippen MR) is 80.6 cm³/mol. The number of benzene rings is 1. The first-order valence-corrected chi connectivity index (χ1v) is 5.89. The van der Waals surface area contributed by atoms with E-state index in [1.165, 1.54) is 11.1 Å². The molecular formula is C16H18S. The van der Waals surface area contributed by atoms with E-state index in [0.29, 0.717) is 0 Å². The van der Waals surface area contributed by atoms with Crippen LogP contribution in [-0.4, -0.2) is 0 Å². The van der Waals surface area contributed by atoms with Crippen LogP contribution in [0.3, 0.4) is 0 Å². The van der Waals surface area contributed by atoms with Gasteiger partial charge in [0.05, 0.1) is 0 Å². The number of allylic oxidation sites excluding steroid dienone is 5. The normalized spacial score (nSPS) is 11.1. The Labute approximate surface area is 109 Å². The van der Waals surface area contributed by atoms with Crippen molar-refractivity contribution in [3.8, 4) is 0 Å². The molecule has 0 amide bonds. The topological polar surface area (TPSA) is 0 Å². The van der Waals surface area contributed by atoms with Crippen molar-refractivity contribution in [3.63, 3.8) is 0 Å². The summed E-state index contributed by atoms with van der Waals surface area (Å²) in [6, 6.07) is 6.13. The average Bonchev–Trinajstić information content (AvgIpc) is 2.30. The van der Waals surface area contributed by atoms with E-state index in [2.05, 4.69) is 58.3 Å². The highest BCUT2D eigenvalue weighted by molar-refractivity contribution is 7.80. The molecule has 0 unspecified atom stereocenters. The maximum absolute atomic E-state index is 4.36. The van der Waals surface area contributed by atoms with Crippen LogP contribution in [0.2, 0.25) is 0 Å². The lowest BCUT2D eigenvalue weighted by atomic mass is 9.98. The Hall–Kier alpha value is -1.47. The standard InChI is InChI=1S/C16H18S/c1-6-11(2)13(4)9-14(5)16-10-15(17)8-7-12(16)3/h6-10,17H,1-2,4H2,3,5H3/b14-9-. The molecule has 17 heavy (non-hydrogen) atoms. The Bertz CT molecular complexity index is 504. The first-order chi connectivity index (χ1) is 7.95. The SMILES string of the molecule is C=CC(=C)C(=C)/C=C(/C)c1cc(S)ccc1C. The van der Waals surface area contributed by atoms with Crippen molar-refractivity contribution in [2.24, 2.45) is 0 Å². The first-order valence-electron chi connectivity index (χ1n) is 5.44. The van der Waals surface area contributed by atoms with E-state index >= 15 is 0 Å². The number of hydrogen-bond acceptors (Lipinski definition) is 1. The first kappa shape index (κ1) is 13.6. The molecule has 0 fully saturated rings. The number of aryl methyl sites for hydroxylation is 1. The van der Waals surface area contributed by atoms with Crippen LogP contribution in [0, 0.1) is 6.92 Å². The third-order valence-electron chi connectivity index (χ3n) is 2.70. The van der Waals surface area contributed by atoms with E-state index in [0.717, 1.165) is 21.6 Å². The zero-order valence-electron chi connectivity index (χ0n) is 10.5. The van der Waals surface area contributed by atoms with E-state index in [9.17, 15) is 0 Å². The van der Waals surface area contributed by atoms with Crippen LogP contribution >= 0.6 is 12.6 Å². The zero-order valence-corrected chi connectivity index (χ0v) is 11.3. The second-order valence-electron chi connectivity index (χ2n) is 4.08. The van der Waals surface area contributed by atoms with Crippen molar-refractivity contribution < 1.29 is 0 Å². The summed E-state index contributed by atoms with van der Waals surface area (Å²) in [4.78, 5) is 0.964. The third kappa shape index (κ3) is 3.50. The molecule has 1 heteroatoms. The predicted octanol–water partition coefficient (Wildman–Crippen LogP) is 4.99. The molecule has 0 saturated heterocycles. The number of hydrogen-bond donors (Lipinski definition) is 1. The smallest absolute Gasteiger partial charge is 0.00462 e. The summed E-state index contributed by atoms with van der Waals surface area (Å²) >= 11 is 4.36. The molecule has 0 N–H and O–H groups in total. The minimum atomic E-state index is 0.851. The molecule has 1 aromatic rings. The molecule has 0 spiro atoms. The van der Waals surface area contributed by atoms with Crippen LogP contribution in [0.1, 0.15) is 18.1 Å². The van der Waals surface area contributed by atoms with Gasteiger partial charge in [0.2, 0.25) is 0 Å². The van der Waals surface area contributed by atoms with Crippen LogP contribution in [0.25, 0.3) is 5.57 Å². The highest BCUT2D eigenvalue weighted by Crippen LogP contribution is 2.24. The van der Waals surface area contributed by atoms with E-state index in [4.69, 9.17) is 0 Å². The average molecular weight is 242 g/mol. The maximum atomic E-state index is 4.36. The van der Waals surface area contributed by atoms with Gasteiger partial charge in [-0.1, -0.05) is 38.0 Å². The fraction of sp³-hybridized carbons (Fsp3) is 0.125. The zero-order chi connectivity index (χ0) is 13.0. The Kier molecular flexibility index (Phi) is 4.59. The van der Waals surface area contributed by atoms with Crippen molar-refractivity contribution in [1.82, 2.24) is 0 Å². The lowest BCUT2D eigenvalue weighted by Crippen LogP contribution is -1.87. The van der Waals surface area contributed by atoms with Gasteiger partial charge in [0.15, 0.2) is 0 Å². The molecule has 88 valence electrons. The summed E-state index contributed by atoms with van der Waals surface area (Å²) in [5.41, 5.74) is 5.32. The largest absolute Gasteiger partial charge is 0.143 e. The molecule has 1 aromatic carbocycles. The molecule has 0 radical (unpaired) electrons. The minimum Gasteiger partial charge on any atom is -0.143 e. The van der Waals surface area contributed by atoms with Gasteiger partial charge in [0.25, 0.3) is 0 Å². The van der Waals surface area contributed by atoms with Gasteiger partial charge in [-0.05, 0) is 53.8 Å². The number of rotatable bonds is 4. The molecule has 0 saturated carbocycles. The van der Waals surface area contributed by atoms with Crippen molar-refractivity contribution in [1.29, 1.82) is 0 Å². The third-order valence-corrected chi connectivity index (χ3v) is 2.97. The van der Waals surface area contributed by atoms with Crippen molar-refractivity contribution in [3.05, 3.63) is 72.4 Å². The van der Waals surface area contributed by atoms with Crippen molar-refractivity contribution in [2.45, 2.75) is 18.7 Å². The lowest BCUT2D eigenvalue weighted by Gasteiger charge is -2.08. The van der Waals surface area contributed by atoms with Crippen molar-refractivity contribution >= 4 is 18.2 Å². The quantitative estimate of drug-likeness (QED) is 0.558.